The van der Waals surface area contributed by atoms with Gasteiger partial charge < -0.3 is 4.90 Å². The second kappa shape index (κ2) is 33.4. The van der Waals surface area contributed by atoms with Crippen LogP contribution < -0.4 is 4.90 Å². The lowest BCUT2D eigenvalue weighted by Gasteiger charge is -2.26. The van der Waals surface area contributed by atoms with Crippen LogP contribution in [0.3, 0.4) is 0 Å². The van der Waals surface area contributed by atoms with Crippen LogP contribution in [0.25, 0.3) is 0 Å². The Balaban J connectivity index is 2.02. The van der Waals surface area contributed by atoms with Crippen molar-refractivity contribution in [1.29, 1.82) is 0 Å². The molecule has 0 saturated heterocycles. The quantitative estimate of drug-likeness (QED) is 0.0690. The Morgan fingerprint density at radius 1 is 0.341 bits per heavy atom. The van der Waals surface area contributed by atoms with Crippen LogP contribution in [0.4, 0.5) is 5.69 Å². The minimum absolute atomic E-state index is 1.24. The normalized spacial score (nSPS) is 11.4. The standard InChI is InChI=1S/C43H81N/c1-4-6-8-10-12-14-16-18-20-22-24-26-28-30-32-36-40-44(43-39-35-34-38-42(43)3)41-37-33-31-29-27-25-23-21-19-17-15-13-11-9-7-5-2/h34-35,38-39H,4-33,36-37,40-41H2,1-3H3. The zero-order chi connectivity index (χ0) is 31.6. The molecule has 0 aliphatic carbocycles. The molecule has 0 bridgehead atoms. The molecule has 0 radical (unpaired) electrons. The van der Waals surface area contributed by atoms with E-state index in [4.69, 9.17) is 0 Å². The van der Waals surface area contributed by atoms with E-state index < -0.39 is 0 Å². The van der Waals surface area contributed by atoms with Gasteiger partial charge in [-0.3, -0.25) is 0 Å². The fourth-order valence-electron chi connectivity index (χ4n) is 6.97. The third-order valence-electron chi connectivity index (χ3n) is 10.0. The molecule has 1 aromatic carbocycles. The van der Waals surface area contributed by atoms with E-state index in [9.17, 15) is 0 Å². The van der Waals surface area contributed by atoms with Gasteiger partial charge in [-0.2, -0.15) is 0 Å². The Labute approximate surface area is 279 Å². The highest BCUT2D eigenvalue weighted by Gasteiger charge is 2.08. The van der Waals surface area contributed by atoms with Crippen LogP contribution in [0.1, 0.15) is 225 Å². The molecule has 1 heteroatoms. The number of para-hydroxylation sites is 1. The number of hydrogen-bond acceptors (Lipinski definition) is 1. The van der Waals surface area contributed by atoms with Crippen molar-refractivity contribution in [2.24, 2.45) is 0 Å². The van der Waals surface area contributed by atoms with Crippen molar-refractivity contribution < 1.29 is 0 Å². The van der Waals surface area contributed by atoms with Gasteiger partial charge >= 0.3 is 0 Å². The number of anilines is 1. The predicted octanol–water partition coefficient (Wildman–Crippen LogP) is 15.3. The van der Waals surface area contributed by atoms with Gasteiger partial charge in [-0.25, -0.2) is 0 Å². The summed E-state index contributed by atoms with van der Waals surface area (Å²) < 4.78 is 0. The van der Waals surface area contributed by atoms with Crippen LogP contribution in [0.15, 0.2) is 24.3 Å². The van der Waals surface area contributed by atoms with Crippen LogP contribution in [0.5, 0.6) is 0 Å². The summed E-state index contributed by atoms with van der Waals surface area (Å²) in [6, 6.07) is 9.08. The van der Waals surface area contributed by atoms with Gasteiger partial charge in [-0.1, -0.05) is 225 Å². The summed E-state index contributed by atoms with van der Waals surface area (Å²) in [6.45, 7) is 9.39. The van der Waals surface area contributed by atoms with E-state index in [1.165, 1.54) is 230 Å². The number of aryl methyl sites for hydroxylation is 1. The highest BCUT2D eigenvalue weighted by Crippen LogP contribution is 2.22. The summed E-state index contributed by atoms with van der Waals surface area (Å²) in [4.78, 5) is 2.71. The van der Waals surface area contributed by atoms with Crippen molar-refractivity contribution in [3.05, 3.63) is 29.8 Å². The van der Waals surface area contributed by atoms with Gasteiger partial charge in [0.1, 0.15) is 0 Å². The van der Waals surface area contributed by atoms with Gasteiger partial charge in [-0.15, -0.1) is 0 Å². The van der Waals surface area contributed by atoms with E-state index in [0.717, 1.165) is 0 Å². The third kappa shape index (κ3) is 26.3. The Hall–Kier alpha value is -0.980. The summed E-state index contributed by atoms with van der Waals surface area (Å²) >= 11 is 0. The smallest absolute Gasteiger partial charge is 0.0395 e. The molecule has 0 saturated carbocycles. The molecule has 0 aromatic heterocycles. The predicted molar refractivity (Wildman–Crippen MR) is 202 cm³/mol. The highest BCUT2D eigenvalue weighted by molar-refractivity contribution is 5.52. The van der Waals surface area contributed by atoms with E-state index in [1.807, 2.05) is 0 Å². The maximum atomic E-state index is 2.71. The van der Waals surface area contributed by atoms with E-state index in [-0.39, 0.29) is 0 Å². The first-order valence-electron chi connectivity index (χ1n) is 20.6. The van der Waals surface area contributed by atoms with Crippen molar-refractivity contribution in [2.75, 3.05) is 18.0 Å². The molecule has 44 heavy (non-hydrogen) atoms. The van der Waals surface area contributed by atoms with E-state index in [2.05, 4.69) is 49.9 Å². The first kappa shape index (κ1) is 41.0. The summed E-state index contributed by atoms with van der Waals surface area (Å²) in [7, 11) is 0. The Morgan fingerprint density at radius 2 is 0.591 bits per heavy atom. The first-order valence-corrected chi connectivity index (χ1v) is 20.6. The van der Waals surface area contributed by atoms with E-state index in [1.54, 1.807) is 0 Å². The number of hydrogen-bond donors (Lipinski definition) is 0. The zero-order valence-corrected chi connectivity index (χ0v) is 30.8. The Bertz CT molecular complexity index is 645. The van der Waals surface area contributed by atoms with Crippen molar-refractivity contribution in [1.82, 2.24) is 0 Å². The highest BCUT2D eigenvalue weighted by atomic mass is 15.1. The van der Waals surface area contributed by atoms with Gasteiger partial charge in [0.2, 0.25) is 0 Å². The van der Waals surface area contributed by atoms with Crippen molar-refractivity contribution in [2.45, 2.75) is 226 Å². The van der Waals surface area contributed by atoms with Crippen LogP contribution in [0.2, 0.25) is 0 Å². The zero-order valence-electron chi connectivity index (χ0n) is 30.8. The molecule has 0 fully saturated rings. The van der Waals surface area contributed by atoms with Gasteiger partial charge in [0.15, 0.2) is 0 Å². The molecular formula is C43H81N. The number of rotatable bonds is 35. The van der Waals surface area contributed by atoms with Crippen molar-refractivity contribution in [3.63, 3.8) is 0 Å². The Morgan fingerprint density at radius 3 is 0.864 bits per heavy atom. The van der Waals surface area contributed by atoms with Gasteiger partial charge in [-0.05, 0) is 31.4 Å². The number of unbranched alkanes of at least 4 members (excludes halogenated alkanes) is 30. The lowest BCUT2D eigenvalue weighted by Crippen LogP contribution is -2.26. The van der Waals surface area contributed by atoms with Crippen LogP contribution in [-0.4, -0.2) is 13.1 Å². The second-order valence-electron chi connectivity index (χ2n) is 14.4. The van der Waals surface area contributed by atoms with Crippen LogP contribution in [0, 0.1) is 6.92 Å². The third-order valence-corrected chi connectivity index (χ3v) is 10.0. The largest absolute Gasteiger partial charge is 0.371 e. The molecule has 0 unspecified atom stereocenters. The SMILES string of the molecule is CCCCCCCCCCCCCCCCCCN(CCCCCCCCCCCCCCCCCC)c1ccccc1C. The van der Waals surface area contributed by atoms with E-state index >= 15 is 0 Å². The molecule has 0 spiro atoms. The number of nitrogens with zero attached hydrogens (tertiary/aromatic N) is 1. The van der Waals surface area contributed by atoms with Crippen LogP contribution in [-0.2, 0) is 0 Å². The Kier molecular flexibility index (Phi) is 31.1. The minimum atomic E-state index is 1.24. The minimum Gasteiger partial charge on any atom is -0.371 e. The summed E-state index contributed by atoms with van der Waals surface area (Å²) in [5.74, 6) is 0. The molecule has 0 atom stereocenters. The summed E-state index contributed by atoms with van der Waals surface area (Å²) in [5, 5.41) is 0. The molecule has 0 amide bonds. The molecule has 0 aliphatic heterocycles. The molecule has 0 aliphatic rings. The fraction of sp³-hybridized carbons (Fsp3) is 0.860. The average Bonchev–Trinajstić information content (AvgIpc) is 3.03. The summed E-state index contributed by atoms with van der Waals surface area (Å²) in [6.07, 6.45) is 46.2. The molecule has 258 valence electrons. The van der Waals surface area contributed by atoms with Crippen molar-refractivity contribution in [3.8, 4) is 0 Å². The van der Waals surface area contributed by atoms with Gasteiger partial charge in [0, 0.05) is 18.8 Å². The van der Waals surface area contributed by atoms with Gasteiger partial charge in [0.25, 0.3) is 0 Å². The second-order valence-corrected chi connectivity index (χ2v) is 14.4. The molecule has 1 rings (SSSR count). The maximum Gasteiger partial charge on any atom is 0.0395 e. The van der Waals surface area contributed by atoms with Gasteiger partial charge in [0.05, 0.1) is 0 Å². The molecular weight excluding hydrogens is 530 g/mol. The maximum absolute atomic E-state index is 2.71. The van der Waals surface area contributed by atoms with Crippen molar-refractivity contribution >= 4 is 5.69 Å². The van der Waals surface area contributed by atoms with Crippen LogP contribution >= 0.6 is 0 Å². The fourth-order valence-corrected chi connectivity index (χ4v) is 6.97. The average molecular weight is 612 g/mol. The molecule has 0 N–H and O–H groups in total. The molecule has 0 heterocycles. The topological polar surface area (TPSA) is 3.24 Å². The lowest BCUT2D eigenvalue weighted by atomic mass is 10.0. The molecule has 1 nitrogen and oxygen atoms in total. The lowest BCUT2D eigenvalue weighted by molar-refractivity contribution is 0.524. The summed E-state index contributed by atoms with van der Waals surface area (Å²) in [5.41, 5.74) is 2.93. The first-order chi connectivity index (χ1) is 21.8. The number of benzene rings is 1. The molecule has 1 aromatic rings. The monoisotopic (exact) mass is 612 g/mol. The van der Waals surface area contributed by atoms with E-state index in [0.29, 0.717) is 0 Å².